The van der Waals surface area contributed by atoms with Gasteiger partial charge in [0.05, 0.1) is 7.11 Å². The van der Waals surface area contributed by atoms with E-state index in [1.165, 1.54) is 12.7 Å². The summed E-state index contributed by atoms with van der Waals surface area (Å²) >= 11 is 2.15. The lowest BCUT2D eigenvalue weighted by Gasteiger charge is -2.22. The third-order valence-corrected chi connectivity index (χ3v) is 5.77. The highest BCUT2D eigenvalue weighted by molar-refractivity contribution is 14.1. The van der Waals surface area contributed by atoms with E-state index < -0.39 is 0 Å². The number of rotatable bonds is 7. The average molecular weight is 615 g/mol. The third kappa shape index (κ3) is 11.0. The number of phenols is 1. The van der Waals surface area contributed by atoms with Crippen LogP contribution < -0.4 is 4.74 Å². The van der Waals surface area contributed by atoms with Gasteiger partial charge in [-0.2, -0.15) is 0 Å². The maximum atomic E-state index is 12.1. The van der Waals surface area contributed by atoms with E-state index in [-0.39, 0.29) is 17.5 Å². The Labute approximate surface area is 238 Å². The van der Waals surface area contributed by atoms with Crippen LogP contribution in [0, 0.1) is 0 Å². The van der Waals surface area contributed by atoms with E-state index in [0.717, 1.165) is 28.7 Å². The van der Waals surface area contributed by atoms with E-state index in [0.29, 0.717) is 11.3 Å². The lowest BCUT2D eigenvalue weighted by atomic mass is 9.82. The van der Waals surface area contributed by atoms with E-state index >= 15 is 0 Å². The molecule has 0 bridgehead atoms. The number of alkyl halides is 1. The molecule has 0 aliphatic heterocycles. The van der Waals surface area contributed by atoms with Crippen molar-refractivity contribution in [3.8, 4) is 11.5 Å². The number of carbonyl (C=O) groups excluding carboxylic acids is 1. The fraction of sp³-hybridized carbons (Fsp3) is 0.303. The Morgan fingerprint density at radius 2 is 1.46 bits per heavy atom. The van der Waals surface area contributed by atoms with Gasteiger partial charge in [-0.1, -0.05) is 124 Å². The second-order valence-corrected chi connectivity index (χ2v) is 7.93. The second kappa shape index (κ2) is 19.3. The summed E-state index contributed by atoms with van der Waals surface area (Å²) in [7, 11) is 1.52. The molecule has 0 aliphatic rings. The number of carbonyl (C=O) groups is 1. The SMILES string of the molecule is C=C(/C(=C(\C)C(C)=O)C(C)c1ccc(O)c(OC)c1)c1ccccc1.CC.CCc1ccccc1.CI. The van der Waals surface area contributed by atoms with Crippen molar-refractivity contribution in [1.82, 2.24) is 0 Å². The molecule has 0 amide bonds. The van der Waals surface area contributed by atoms with Crippen molar-refractivity contribution in [1.29, 1.82) is 0 Å². The molecule has 1 N–H and O–H groups in total. The van der Waals surface area contributed by atoms with Gasteiger partial charge in [-0.3, -0.25) is 4.79 Å². The standard InChI is InChI=1S/C22H24O3.C8H10.C2H6.CH3I/c1-14(17(4)23)22(15(2)18-9-7-6-8-10-18)16(3)19-11-12-20(24)21(13-19)25-5;1-2-8-6-4-3-5-7-8;2*1-2/h6-13,16,24H,2H2,1,3-5H3;3-7H,2H2,1H3;1-2H3;1H3/b22-14-;;;. The molecular formula is C33H43IO3. The first-order chi connectivity index (χ1) is 17.8. The van der Waals surface area contributed by atoms with Crippen LogP contribution in [0.2, 0.25) is 0 Å². The molecule has 3 rings (SSSR count). The monoisotopic (exact) mass is 614 g/mol. The summed E-state index contributed by atoms with van der Waals surface area (Å²) in [5, 5.41) is 9.83. The van der Waals surface area contributed by atoms with Gasteiger partial charge in [-0.05, 0) is 70.7 Å². The van der Waals surface area contributed by atoms with Crippen LogP contribution in [-0.2, 0) is 11.2 Å². The van der Waals surface area contributed by atoms with Crippen molar-refractivity contribution in [2.75, 3.05) is 12.0 Å². The molecule has 3 nitrogen and oxygen atoms in total. The second-order valence-electron chi connectivity index (χ2n) is 7.93. The number of hydrogen-bond donors (Lipinski definition) is 1. The summed E-state index contributed by atoms with van der Waals surface area (Å²) < 4.78 is 5.21. The van der Waals surface area contributed by atoms with Gasteiger partial charge in [0, 0.05) is 5.92 Å². The van der Waals surface area contributed by atoms with Crippen molar-refractivity contribution >= 4 is 33.9 Å². The summed E-state index contributed by atoms with van der Waals surface area (Å²) in [4.78, 5) is 14.0. The van der Waals surface area contributed by atoms with Crippen LogP contribution in [0.4, 0.5) is 0 Å². The minimum absolute atomic E-state index is 0.0182. The number of ketones is 1. The van der Waals surface area contributed by atoms with Crippen LogP contribution in [-0.4, -0.2) is 22.9 Å². The molecule has 0 saturated heterocycles. The molecule has 0 heterocycles. The summed E-state index contributed by atoms with van der Waals surface area (Å²) in [6, 6.07) is 25.5. The molecule has 3 aromatic carbocycles. The molecule has 0 saturated carbocycles. The Bertz CT molecular complexity index is 1100. The first-order valence-electron chi connectivity index (χ1n) is 12.5. The number of allylic oxidation sites excluding steroid dienone is 3. The van der Waals surface area contributed by atoms with Crippen molar-refractivity contribution in [2.45, 2.75) is 53.9 Å². The number of hydrogen-bond acceptors (Lipinski definition) is 3. The van der Waals surface area contributed by atoms with Gasteiger partial charge in [0.15, 0.2) is 17.3 Å². The molecule has 1 atom stereocenters. The number of aryl methyl sites for hydroxylation is 1. The number of ether oxygens (including phenoxy) is 1. The van der Waals surface area contributed by atoms with Crippen LogP contribution >= 0.6 is 22.6 Å². The Morgan fingerprint density at radius 3 is 1.89 bits per heavy atom. The van der Waals surface area contributed by atoms with Crippen molar-refractivity contribution < 1.29 is 14.6 Å². The molecular weight excluding hydrogens is 571 g/mol. The number of benzene rings is 3. The van der Waals surface area contributed by atoms with Crippen LogP contribution in [0.3, 0.4) is 0 Å². The van der Waals surface area contributed by atoms with Crippen LogP contribution in [0.1, 0.15) is 64.2 Å². The molecule has 3 aromatic rings. The largest absolute Gasteiger partial charge is 0.504 e. The fourth-order valence-electron chi connectivity index (χ4n) is 3.64. The number of methoxy groups -OCH3 is 1. The van der Waals surface area contributed by atoms with E-state index in [9.17, 15) is 9.90 Å². The Kier molecular flexibility index (Phi) is 17.8. The van der Waals surface area contributed by atoms with Gasteiger partial charge in [0.25, 0.3) is 0 Å². The third-order valence-electron chi connectivity index (χ3n) is 5.77. The normalized spacial score (nSPS) is 11.1. The first-order valence-corrected chi connectivity index (χ1v) is 14.7. The zero-order chi connectivity index (χ0) is 28.4. The van der Waals surface area contributed by atoms with Crippen LogP contribution in [0.15, 0.2) is 96.6 Å². The van der Waals surface area contributed by atoms with E-state index in [2.05, 4.69) is 60.4 Å². The predicted molar refractivity (Wildman–Crippen MR) is 169 cm³/mol. The van der Waals surface area contributed by atoms with Gasteiger partial charge < -0.3 is 9.84 Å². The van der Waals surface area contributed by atoms with E-state index in [4.69, 9.17) is 4.74 Å². The minimum Gasteiger partial charge on any atom is -0.504 e. The lowest BCUT2D eigenvalue weighted by molar-refractivity contribution is -0.113. The molecule has 0 radical (unpaired) electrons. The highest BCUT2D eigenvalue weighted by atomic mass is 127. The number of halogens is 1. The fourth-order valence-corrected chi connectivity index (χ4v) is 3.64. The smallest absolute Gasteiger partial charge is 0.160 e. The molecule has 37 heavy (non-hydrogen) atoms. The van der Waals surface area contributed by atoms with Crippen molar-refractivity contribution in [3.63, 3.8) is 0 Å². The number of Topliss-reactive ketones (excluding diaryl/α,β-unsaturated/α-hetero) is 1. The summed E-state index contributed by atoms with van der Waals surface area (Å²) in [5.74, 6) is 0.444. The zero-order valence-corrected chi connectivity index (χ0v) is 25.8. The number of aromatic hydroxyl groups is 1. The van der Waals surface area contributed by atoms with E-state index in [1.54, 1.807) is 19.1 Å². The van der Waals surface area contributed by atoms with Gasteiger partial charge in [-0.25, -0.2) is 0 Å². The minimum atomic E-state index is -0.0777. The highest BCUT2D eigenvalue weighted by Crippen LogP contribution is 2.38. The molecule has 0 spiro atoms. The van der Waals surface area contributed by atoms with Crippen LogP contribution in [0.25, 0.3) is 5.57 Å². The van der Waals surface area contributed by atoms with Gasteiger partial charge >= 0.3 is 0 Å². The Hall–Kier alpha value is -2.86. The molecule has 0 aromatic heterocycles. The predicted octanol–water partition coefficient (Wildman–Crippen LogP) is 9.45. The van der Waals surface area contributed by atoms with Crippen molar-refractivity contribution in [3.05, 3.63) is 113 Å². The maximum Gasteiger partial charge on any atom is 0.160 e. The summed E-state index contributed by atoms with van der Waals surface area (Å²) in [5.41, 5.74) is 5.75. The van der Waals surface area contributed by atoms with Gasteiger partial charge in [0.1, 0.15) is 0 Å². The Morgan fingerprint density at radius 1 is 0.946 bits per heavy atom. The van der Waals surface area contributed by atoms with E-state index in [1.807, 2.05) is 75.1 Å². The Balaban J connectivity index is 0.000000900. The van der Waals surface area contributed by atoms with Gasteiger partial charge in [-0.15, -0.1) is 0 Å². The molecule has 1 unspecified atom stereocenters. The molecule has 0 aliphatic carbocycles. The molecule has 0 fully saturated rings. The van der Waals surface area contributed by atoms with Gasteiger partial charge in [0.2, 0.25) is 0 Å². The number of phenolic OH excluding ortho intramolecular Hbond substituents is 1. The topological polar surface area (TPSA) is 46.5 Å². The highest BCUT2D eigenvalue weighted by Gasteiger charge is 2.21. The molecule has 4 heteroatoms. The summed E-state index contributed by atoms with van der Waals surface area (Å²) in [6.45, 7) is 15.8. The van der Waals surface area contributed by atoms with Crippen LogP contribution in [0.5, 0.6) is 11.5 Å². The maximum absolute atomic E-state index is 12.1. The quantitative estimate of drug-likeness (QED) is 0.125. The zero-order valence-electron chi connectivity index (χ0n) is 23.6. The lowest BCUT2D eigenvalue weighted by Crippen LogP contribution is -2.07. The van der Waals surface area contributed by atoms with Crippen molar-refractivity contribution in [2.24, 2.45) is 0 Å². The first kappa shape index (κ1) is 34.1. The average Bonchev–Trinajstić information content (AvgIpc) is 2.96. The summed E-state index contributed by atoms with van der Waals surface area (Å²) in [6.07, 6.45) is 1.14. The molecule has 200 valence electrons.